The molecule has 5 nitrogen and oxygen atoms in total. The highest BCUT2D eigenvalue weighted by Gasteiger charge is 2.11. The average molecular weight is 333 g/mol. The average Bonchev–Trinajstić information content (AvgIpc) is 2.92. The minimum Gasteiger partial charge on any atom is -0.508 e. The van der Waals surface area contributed by atoms with Crippen LogP contribution in [0.15, 0.2) is 46.2 Å². The zero-order chi connectivity index (χ0) is 16.8. The largest absolute Gasteiger partial charge is 0.508 e. The molecule has 2 N–H and O–H groups in total. The first-order valence-corrected chi connectivity index (χ1v) is 8.48. The van der Waals surface area contributed by atoms with Crippen molar-refractivity contribution >= 4 is 22.2 Å². The molecule has 0 saturated heterocycles. The van der Waals surface area contributed by atoms with Gasteiger partial charge in [0.25, 0.3) is 0 Å². The highest BCUT2D eigenvalue weighted by molar-refractivity contribution is 7.13. The van der Waals surface area contributed by atoms with Crippen molar-refractivity contribution in [1.82, 2.24) is 4.98 Å². The summed E-state index contributed by atoms with van der Waals surface area (Å²) in [7, 11) is 1.63. The maximum atomic E-state index is 9.84. The fourth-order valence-electron chi connectivity index (χ4n) is 2.09. The van der Waals surface area contributed by atoms with Crippen LogP contribution in [0.1, 0.15) is 32.9 Å². The molecule has 6 heteroatoms. The van der Waals surface area contributed by atoms with E-state index < -0.39 is 0 Å². The molecule has 1 unspecified atom stereocenters. The summed E-state index contributed by atoms with van der Waals surface area (Å²) in [4.78, 5) is 9.25. The molecule has 1 atom stereocenters. The van der Waals surface area contributed by atoms with Crippen molar-refractivity contribution in [3.8, 4) is 0 Å². The third kappa shape index (κ3) is 5.25. The van der Waals surface area contributed by atoms with E-state index in [4.69, 9.17) is 4.74 Å². The van der Waals surface area contributed by atoms with Crippen LogP contribution in [-0.2, 0) is 4.74 Å². The lowest BCUT2D eigenvalue weighted by Gasteiger charge is -2.09. The van der Waals surface area contributed by atoms with E-state index in [1.54, 1.807) is 30.6 Å². The lowest BCUT2D eigenvalue weighted by atomic mass is 10.1. The van der Waals surface area contributed by atoms with Crippen molar-refractivity contribution in [1.29, 1.82) is 0 Å². The molecule has 0 radical (unpaired) electrons. The quantitative estimate of drug-likeness (QED) is 0.871. The number of hydrogen-bond acceptors (Lipinski definition) is 6. The summed E-state index contributed by atoms with van der Waals surface area (Å²) in [5.41, 5.74) is 1.55. The van der Waals surface area contributed by atoms with Crippen LogP contribution in [-0.4, -0.2) is 35.0 Å². The van der Waals surface area contributed by atoms with Crippen molar-refractivity contribution in [3.63, 3.8) is 0 Å². The number of ether oxygens (including phenoxy) is 1. The molecule has 1 aromatic heterocycles. The Morgan fingerprint density at radius 3 is 2.91 bits per heavy atom. The summed E-state index contributed by atoms with van der Waals surface area (Å²) in [5.74, 6) is 0.978. The lowest BCUT2D eigenvalue weighted by Crippen LogP contribution is -2.10. The van der Waals surface area contributed by atoms with Gasteiger partial charge < -0.3 is 15.2 Å². The van der Waals surface area contributed by atoms with Crippen molar-refractivity contribution in [2.24, 2.45) is 4.99 Å². The summed E-state index contributed by atoms with van der Waals surface area (Å²) in [5, 5.41) is 16.0. The lowest BCUT2D eigenvalue weighted by molar-refractivity contribution is 0.285. The van der Waals surface area contributed by atoms with Crippen LogP contribution in [0.25, 0.3) is 0 Å². The molecule has 1 aliphatic rings. The number of aromatic nitrogens is 1. The first-order valence-electron chi connectivity index (χ1n) is 7.60. The predicted octanol–water partition coefficient (Wildman–Crippen LogP) is 4.07. The van der Waals surface area contributed by atoms with E-state index in [2.05, 4.69) is 29.1 Å². The van der Waals surface area contributed by atoms with Crippen LogP contribution >= 0.6 is 11.3 Å². The maximum absolute atomic E-state index is 9.84. The van der Waals surface area contributed by atoms with Gasteiger partial charge in [-0.15, -0.1) is 11.3 Å². The molecule has 2 heterocycles. The molecule has 0 aromatic carbocycles. The number of nitrogens with zero attached hydrogens (tertiary/aromatic N) is 2. The molecule has 23 heavy (non-hydrogen) atoms. The topological polar surface area (TPSA) is 66.7 Å². The second-order valence-corrected chi connectivity index (χ2v) is 6.46. The summed E-state index contributed by atoms with van der Waals surface area (Å²) in [6, 6.07) is 0.166. The molecule has 0 spiro atoms. The standard InChI is InChI=1S/C17H23N3O2S/c1-11(2)18-17-20-16(10-23-17)15-9-14(22-4)7-5-6-13(21)8-12(3)19-15/h5-6,8-12,21H,7H2,1-4H3,(H,18,20)/b6-5-,13-8+,14-9+,19-15?. The van der Waals surface area contributed by atoms with Gasteiger partial charge in [-0.2, -0.15) is 0 Å². The predicted molar refractivity (Wildman–Crippen MR) is 96.4 cm³/mol. The van der Waals surface area contributed by atoms with Crippen molar-refractivity contribution in [2.45, 2.75) is 39.3 Å². The molecule has 1 aromatic rings. The second kappa shape index (κ2) is 7.97. The fourth-order valence-corrected chi connectivity index (χ4v) is 2.94. The molecular formula is C17H23N3O2S. The molecule has 2 rings (SSSR count). The van der Waals surface area contributed by atoms with Crippen molar-refractivity contribution in [3.05, 3.63) is 46.9 Å². The minimum atomic E-state index is -0.162. The van der Waals surface area contributed by atoms with Gasteiger partial charge in [-0.05, 0) is 32.9 Å². The Hall–Kier alpha value is -2.08. The minimum absolute atomic E-state index is 0.162. The molecule has 0 bridgehead atoms. The van der Waals surface area contributed by atoms with E-state index in [0.29, 0.717) is 12.5 Å². The van der Waals surface area contributed by atoms with Crippen LogP contribution in [0, 0.1) is 0 Å². The van der Waals surface area contributed by atoms with Gasteiger partial charge in [0, 0.05) is 23.9 Å². The molecule has 124 valence electrons. The Kier molecular flexibility index (Phi) is 5.98. The number of aliphatic hydroxyl groups is 1. The number of anilines is 1. The normalized spacial score (nSPS) is 24.9. The summed E-state index contributed by atoms with van der Waals surface area (Å²) >= 11 is 1.55. The Labute approximate surface area is 141 Å². The van der Waals surface area contributed by atoms with E-state index in [9.17, 15) is 5.11 Å². The highest BCUT2D eigenvalue weighted by Crippen LogP contribution is 2.19. The number of hydrogen-bond donors (Lipinski definition) is 2. The van der Waals surface area contributed by atoms with Gasteiger partial charge >= 0.3 is 0 Å². The first-order chi connectivity index (χ1) is 11.0. The molecular weight excluding hydrogens is 310 g/mol. The van der Waals surface area contributed by atoms with E-state index in [1.807, 2.05) is 24.5 Å². The van der Waals surface area contributed by atoms with E-state index >= 15 is 0 Å². The third-order valence-electron chi connectivity index (χ3n) is 3.10. The summed E-state index contributed by atoms with van der Waals surface area (Å²) in [6.45, 7) is 6.07. The monoisotopic (exact) mass is 333 g/mol. The highest BCUT2D eigenvalue weighted by atomic mass is 32.1. The number of rotatable bonds is 4. The Morgan fingerprint density at radius 1 is 1.43 bits per heavy atom. The number of aliphatic imine (C=N–C) groups is 1. The Morgan fingerprint density at radius 2 is 2.22 bits per heavy atom. The van der Waals surface area contributed by atoms with Crippen molar-refractivity contribution in [2.75, 3.05) is 12.4 Å². The SMILES string of the molecule is CO/C1=C/C(c2csc(NC(C)C)n2)=NC(C)/C=C(O)\C=C/C1. The molecule has 0 aliphatic carbocycles. The van der Waals surface area contributed by atoms with Gasteiger partial charge in [-0.25, -0.2) is 4.98 Å². The maximum Gasteiger partial charge on any atom is 0.183 e. The number of aliphatic hydroxyl groups excluding tert-OH is 1. The molecule has 0 fully saturated rings. The van der Waals surface area contributed by atoms with Gasteiger partial charge in [0.15, 0.2) is 5.13 Å². The van der Waals surface area contributed by atoms with Gasteiger partial charge in [0.2, 0.25) is 0 Å². The molecule has 0 saturated carbocycles. The van der Waals surface area contributed by atoms with Gasteiger partial charge in [-0.1, -0.05) is 6.08 Å². The number of methoxy groups -OCH3 is 1. The van der Waals surface area contributed by atoms with Gasteiger partial charge in [-0.3, -0.25) is 4.99 Å². The first kappa shape index (κ1) is 17.3. The van der Waals surface area contributed by atoms with E-state index in [1.165, 1.54) is 0 Å². The summed E-state index contributed by atoms with van der Waals surface area (Å²) in [6.07, 6.45) is 7.73. The van der Waals surface area contributed by atoms with E-state index in [-0.39, 0.29) is 11.8 Å². The van der Waals surface area contributed by atoms with Crippen LogP contribution in [0.3, 0.4) is 0 Å². The Balaban J connectivity index is 2.38. The molecule has 1 aliphatic heterocycles. The van der Waals surface area contributed by atoms with Crippen LogP contribution in [0.2, 0.25) is 0 Å². The number of thiazole rings is 1. The fraction of sp³-hybridized carbons (Fsp3) is 0.412. The number of nitrogens with one attached hydrogen (secondary N) is 1. The van der Waals surface area contributed by atoms with Crippen LogP contribution in [0.5, 0.6) is 0 Å². The zero-order valence-electron chi connectivity index (χ0n) is 13.9. The summed E-state index contributed by atoms with van der Waals surface area (Å²) < 4.78 is 5.40. The van der Waals surface area contributed by atoms with Crippen LogP contribution < -0.4 is 5.32 Å². The molecule has 0 amide bonds. The smallest absolute Gasteiger partial charge is 0.183 e. The second-order valence-electron chi connectivity index (χ2n) is 5.60. The third-order valence-corrected chi connectivity index (χ3v) is 3.87. The zero-order valence-corrected chi connectivity index (χ0v) is 14.7. The van der Waals surface area contributed by atoms with Crippen LogP contribution in [0.4, 0.5) is 5.13 Å². The number of allylic oxidation sites excluding steroid dienone is 3. The van der Waals surface area contributed by atoms with Crippen molar-refractivity contribution < 1.29 is 9.84 Å². The van der Waals surface area contributed by atoms with Gasteiger partial charge in [0.05, 0.1) is 18.9 Å². The Bertz CT molecular complexity index is 657. The van der Waals surface area contributed by atoms with E-state index in [0.717, 1.165) is 22.3 Å². The van der Waals surface area contributed by atoms with Gasteiger partial charge in [0.1, 0.15) is 17.2 Å².